The summed E-state index contributed by atoms with van der Waals surface area (Å²) >= 11 is 0. The van der Waals surface area contributed by atoms with E-state index >= 15 is 0 Å². The molecule has 0 bridgehead atoms. The first-order chi connectivity index (χ1) is 7.22. The van der Waals surface area contributed by atoms with Gasteiger partial charge in [0.15, 0.2) is 11.6 Å². The fraction of sp³-hybridized carbons (Fsp3) is 0.273. The predicted molar refractivity (Wildman–Crippen MR) is 57.8 cm³/mol. The average Bonchev–Trinajstić information content (AvgIpc) is 2.27. The van der Waals surface area contributed by atoms with Gasteiger partial charge >= 0.3 is 0 Å². The summed E-state index contributed by atoms with van der Waals surface area (Å²) in [4.78, 5) is 0. The van der Waals surface area contributed by atoms with E-state index in [0.29, 0.717) is 6.42 Å². The van der Waals surface area contributed by atoms with Crippen molar-refractivity contribution in [3.8, 4) is 5.75 Å². The highest BCUT2D eigenvalue weighted by molar-refractivity contribution is 5.32. The Balaban J connectivity index is 2.97. The molecular formula is C11H15FN2O. The van der Waals surface area contributed by atoms with Crippen LogP contribution < -0.4 is 16.0 Å². The number of rotatable bonds is 5. The van der Waals surface area contributed by atoms with Gasteiger partial charge in [0, 0.05) is 6.04 Å². The Hall–Kier alpha value is -1.39. The molecule has 0 aliphatic carbocycles. The van der Waals surface area contributed by atoms with E-state index in [0.717, 1.165) is 5.56 Å². The van der Waals surface area contributed by atoms with Crippen LogP contribution in [0.15, 0.2) is 30.9 Å². The van der Waals surface area contributed by atoms with E-state index in [4.69, 9.17) is 10.6 Å². The summed E-state index contributed by atoms with van der Waals surface area (Å²) < 4.78 is 18.0. The lowest BCUT2D eigenvalue weighted by molar-refractivity contribution is 0.384. The third kappa shape index (κ3) is 2.78. The molecule has 0 fully saturated rings. The van der Waals surface area contributed by atoms with Crippen LogP contribution in [0.25, 0.3) is 0 Å². The molecule has 0 amide bonds. The molecule has 0 aliphatic heterocycles. The first-order valence-electron chi connectivity index (χ1n) is 4.63. The predicted octanol–water partition coefficient (Wildman–Crippen LogP) is 1.91. The maximum atomic E-state index is 13.1. The third-order valence-corrected chi connectivity index (χ3v) is 2.18. The normalized spacial score (nSPS) is 12.2. The summed E-state index contributed by atoms with van der Waals surface area (Å²) in [6.45, 7) is 3.63. The summed E-state index contributed by atoms with van der Waals surface area (Å²) in [6, 6.07) is 4.59. The van der Waals surface area contributed by atoms with E-state index < -0.39 is 0 Å². The summed E-state index contributed by atoms with van der Waals surface area (Å²) in [7, 11) is 1.43. The van der Waals surface area contributed by atoms with E-state index in [1.165, 1.54) is 13.2 Å². The Morgan fingerprint density at radius 3 is 2.93 bits per heavy atom. The molecule has 3 nitrogen and oxygen atoms in total. The number of nitrogens with one attached hydrogen (secondary N) is 1. The zero-order valence-corrected chi connectivity index (χ0v) is 8.66. The average molecular weight is 210 g/mol. The number of hydrazine groups is 1. The molecule has 0 saturated carbocycles. The van der Waals surface area contributed by atoms with Crippen LogP contribution in [0.5, 0.6) is 5.75 Å². The summed E-state index contributed by atoms with van der Waals surface area (Å²) in [5.74, 6) is 5.23. The molecular weight excluding hydrogens is 195 g/mol. The number of benzene rings is 1. The van der Waals surface area contributed by atoms with Crippen molar-refractivity contribution in [3.05, 3.63) is 42.2 Å². The maximum Gasteiger partial charge on any atom is 0.165 e. The van der Waals surface area contributed by atoms with Crippen molar-refractivity contribution in [2.45, 2.75) is 12.5 Å². The van der Waals surface area contributed by atoms with Crippen LogP contribution in [0.4, 0.5) is 4.39 Å². The number of halogens is 1. The molecule has 1 aromatic rings. The van der Waals surface area contributed by atoms with Crippen molar-refractivity contribution in [2.75, 3.05) is 7.11 Å². The van der Waals surface area contributed by atoms with Gasteiger partial charge in [0.1, 0.15) is 0 Å². The van der Waals surface area contributed by atoms with Crippen molar-refractivity contribution in [1.82, 2.24) is 5.43 Å². The van der Waals surface area contributed by atoms with Crippen molar-refractivity contribution in [1.29, 1.82) is 0 Å². The standard InChI is InChI=1S/C11H15FN2O/c1-3-4-10(14-13)8-5-6-9(12)11(7-8)15-2/h3,5-7,10,14H,1,4,13H2,2H3. The Labute approximate surface area is 88.7 Å². The Kier molecular flexibility index (Phi) is 4.27. The van der Waals surface area contributed by atoms with Gasteiger partial charge in [-0.2, -0.15) is 0 Å². The molecule has 1 rings (SSSR count). The van der Waals surface area contributed by atoms with Crippen LogP contribution in [0, 0.1) is 5.82 Å². The monoisotopic (exact) mass is 210 g/mol. The molecule has 3 N–H and O–H groups in total. The third-order valence-electron chi connectivity index (χ3n) is 2.18. The molecule has 0 radical (unpaired) electrons. The lowest BCUT2D eigenvalue weighted by atomic mass is 10.0. The van der Waals surface area contributed by atoms with Crippen LogP contribution >= 0.6 is 0 Å². The molecule has 15 heavy (non-hydrogen) atoms. The number of methoxy groups -OCH3 is 1. The van der Waals surface area contributed by atoms with Crippen LogP contribution in [0.3, 0.4) is 0 Å². The first-order valence-corrected chi connectivity index (χ1v) is 4.63. The van der Waals surface area contributed by atoms with Gasteiger partial charge in [-0.25, -0.2) is 4.39 Å². The topological polar surface area (TPSA) is 47.3 Å². The molecule has 1 aromatic carbocycles. The van der Waals surface area contributed by atoms with Gasteiger partial charge in [-0.1, -0.05) is 12.1 Å². The van der Waals surface area contributed by atoms with Gasteiger partial charge in [0.25, 0.3) is 0 Å². The maximum absolute atomic E-state index is 13.1. The van der Waals surface area contributed by atoms with Crippen molar-refractivity contribution in [2.24, 2.45) is 5.84 Å². The molecule has 0 heterocycles. The molecule has 0 aromatic heterocycles. The molecule has 1 unspecified atom stereocenters. The van der Waals surface area contributed by atoms with E-state index in [9.17, 15) is 4.39 Å². The minimum atomic E-state index is -0.379. The van der Waals surface area contributed by atoms with Gasteiger partial charge in [0.2, 0.25) is 0 Å². The molecule has 0 saturated heterocycles. The van der Waals surface area contributed by atoms with Gasteiger partial charge in [-0.3, -0.25) is 11.3 Å². The SMILES string of the molecule is C=CCC(NN)c1ccc(F)c(OC)c1. The van der Waals surface area contributed by atoms with Crippen LogP contribution in [-0.2, 0) is 0 Å². The van der Waals surface area contributed by atoms with Gasteiger partial charge in [-0.15, -0.1) is 6.58 Å². The minimum absolute atomic E-state index is 0.0722. The Morgan fingerprint density at radius 1 is 1.67 bits per heavy atom. The zero-order chi connectivity index (χ0) is 11.3. The molecule has 4 heteroatoms. The highest BCUT2D eigenvalue weighted by Crippen LogP contribution is 2.23. The molecule has 0 spiro atoms. The highest BCUT2D eigenvalue weighted by atomic mass is 19.1. The Bertz CT molecular complexity index is 341. The van der Waals surface area contributed by atoms with E-state index in [-0.39, 0.29) is 17.6 Å². The fourth-order valence-electron chi connectivity index (χ4n) is 1.36. The lowest BCUT2D eigenvalue weighted by Gasteiger charge is -2.15. The quantitative estimate of drug-likeness (QED) is 0.443. The number of ether oxygens (including phenoxy) is 1. The summed E-state index contributed by atoms with van der Waals surface area (Å²) in [6.07, 6.45) is 2.42. The van der Waals surface area contributed by atoms with Gasteiger partial charge < -0.3 is 4.74 Å². The number of hydrogen-bond donors (Lipinski definition) is 2. The number of hydrogen-bond acceptors (Lipinski definition) is 3. The Morgan fingerprint density at radius 2 is 2.40 bits per heavy atom. The minimum Gasteiger partial charge on any atom is -0.494 e. The smallest absolute Gasteiger partial charge is 0.165 e. The van der Waals surface area contributed by atoms with E-state index in [2.05, 4.69) is 12.0 Å². The highest BCUT2D eigenvalue weighted by Gasteiger charge is 2.10. The molecule has 1 atom stereocenters. The van der Waals surface area contributed by atoms with Crippen LogP contribution in [0.2, 0.25) is 0 Å². The van der Waals surface area contributed by atoms with Gasteiger partial charge in [0.05, 0.1) is 7.11 Å². The lowest BCUT2D eigenvalue weighted by Crippen LogP contribution is -2.27. The van der Waals surface area contributed by atoms with Gasteiger partial charge in [-0.05, 0) is 24.1 Å². The second kappa shape index (κ2) is 5.48. The summed E-state index contributed by atoms with van der Waals surface area (Å²) in [5, 5.41) is 0. The van der Waals surface area contributed by atoms with E-state index in [1.807, 2.05) is 0 Å². The second-order valence-electron chi connectivity index (χ2n) is 3.14. The zero-order valence-electron chi connectivity index (χ0n) is 8.66. The summed E-state index contributed by atoms with van der Waals surface area (Å²) in [5.41, 5.74) is 3.51. The van der Waals surface area contributed by atoms with Crippen molar-refractivity contribution >= 4 is 0 Å². The van der Waals surface area contributed by atoms with Crippen LogP contribution in [0.1, 0.15) is 18.0 Å². The second-order valence-corrected chi connectivity index (χ2v) is 3.14. The molecule has 0 aliphatic rings. The fourth-order valence-corrected chi connectivity index (χ4v) is 1.36. The van der Waals surface area contributed by atoms with Crippen LogP contribution in [-0.4, -0.2) is 7.11 Å². The van der Waals surface area contributed by atoms with E-state index in [1.54, 1.807) is 18.2 Å². The number of nitrogens with two attached hydrogens (primary N) is 1. The van der Waals surface area contributed by atoms with Crippen molar-refractivity contribution < 1.29 is 9.13 Å². The van der Waals surface area contributed by atoms with Crippen molar-refractivity contribution in [3.63, 3.8) is 0 Å². The molecule has 82 valence electrons. The largest absolute Gasteiger partial charge is 0.494 e. The first kappa shape index (κ1) is 11.7.